The average Bonchev–Trinajstić information content (AvgIpc) is 3.98. The van der Waals surface area contributed by atoms with Gasteiger partial charge in [-0.15, -0.1) is 0 Å². The molecular weight excluding hydrogens is 681 g/mol. The molecule has 254 valence electrons. The first-order chi connectivity index (χ1) is 27.7. The Hall–Kier alpha value is -7.92. The molecule has 4 heteroatoms. The van der Waals surface area contributed by atoms with Crippen molar-refractivity contribution in [2.45, 2.75) is 0 Å². The van der Waals surface area contributed by atoms with E-state index in [0.29, 0.717) is 22.5 Å². The first-order valence-corrected chi connectivity index (χ1v) is 18.9. The topological polar surface area (TPSA) is 57.4 Å². The number of rotatable bonds is 2. The minimum Gasteiger partial charge on any atom is -0.307 e. The number of fused-ring (bicyclic) bond motifs is 14. The Bertz CT molecular complexity index is 3480. The molecule has 9 aromatic carbocycles. The van der Waals surface area contributed by atoms with E-state index in [2.05, 4.69) is 167 Å². The Morgan fingerprint density at radius 2 is 0.679 bits per heavy atom. The molecule has 0 atom stereocenters. The van der Waals surface area contributed by atoms with Crippen LogP contribution in [0, 0.1) is 22.7 Å². The SMILES string of the molecule is N#Cc1cc(-n2c3ccccc3c3cc4c5c(cccc5c32)-c2ccccc2-4)c(C#N)cc1-n1c2ccccc2c2cc3c4c(cccc4c21)-c1ccccc1-3. The van der Waals surface area contributed by atoms with Crippen LogP contribution >= 0.6 is 0 Å². The maximum atomic E-state index is 11.1. The van der Waals surface area contributed by atoms with E-state index in [9.17, 15) is 10.5 Å². The zero-order valence-electron chi connectivity index (χ0n) is 29.8. The number of hydrogen-bond acceptors (Lipinski definition) is 2. The van der Waals surface area contributed by atoms with E-state index < -0.39 is 0 Å². The highest BCUT2D eigenvalue weighted by atomic mass is 15.0. The maximum absolute atomic E-state index is 11.1. The molecule has 2 aliphatic carbocycles. The van der Waals surface area contributed by atoms with Gasteiger partial charge in [0, 0.05) is 32.3 Å². The number of aromatic nitrogens is 2. The van der Waals surface area contributed by atoms with Crippen molar-refractivity contribution in [3.8, 4) is 68.0 Å². The number of para-hydroxylation sites is 2. The molecule has 0 N–H and O–H groups in total. The highest BCUT2D eigenvalue weighted by molar-refractivity contribution is 6.29. The van der Waals surface area contributed by atoms with Gasteiger partial charge in [0.25, 0.3) is 0 Å². The third kappa shape index (κ3) is 3.48. The second-order valence-corrected chi connectivity index (χ2v) is 15.0. The molecule has 0 saturated heterocycles. The van der Waals surface area contributed by atoms with Crippen molar-refractivity contribution in [2.75, 3.05) is 0 Å². The molecule has 0 radical (unpaired) electrons. The molecule has 0 fully saturated rings. The Morgan fingerprint density at radius 1 is 0.321 bits per heavy atom. The van der Waals surface area contributed by atoms with Crippen LogP contribution in [0.5, 0.6) is 0 Å². The van der Waals surface area contributed by atoms with Crippen molar-refractivity contribution in [3.63, 3.8) is 0 Å². The molecule has 13 rings (SSSR count). The zero-order chi connectivity index (χ0) is 36.8. The van der Waals surface area contributed by atoms with Crippen molar-refractivity contribution in [1.29, 1.82) is 10.5 Å². The molecule has 0 amide bonds. The molecule has 11 aromatic rings. The first kappa shape index (κ1) is 29.5. The molecule has 0 aliphatic heterocycles. The van der Waals surface area contributed by atoms with Crippen LogP contribution in [0.25, 0.3) is 121 Å². The minimum atomic E-state index is 0.498. The summed E-state index contributed by atoms with van der Waals surface area (Å²) in [6.45, 7) is 0. The molecular formula is C52H26N4. The molecule has 2 aromatic heterocycles. The second kappa shape index (κ2) is 10.4. The maximum Gasteiger partial charge on any atom is 0.101 e. The minimum absolute atomic E-state index is 0.498. The zero-order valence-corrected chi connectivity index (χ0v) is 29.8. The van der Waals surface area contributed by atoms with Crippen LogP contribution in [0.4, 0.5) is 0 Å². The van der Waals surface area contributed by atoms with Crippen molar-refractivity contribution >= 4 is 65.2 Å². The fraction of sp³-hybridized carbons (Fsp3) is 0. The van der Waals surface area contributed by atoms with Crippen LogP contribution in [0.15, 0.2) is 158 Å². The van der Waals surface area contributed by atoms with Gasteiger partial charge in [-0.25, -0.2) is 0 Å². The van der Waals surface area contributed by atoms with Gasteiger partial charge in [-0.05, 0) is 91.7 Å². The summed E-state index contributed by atoms with van der Waals surface area (Å²) in [5.74, 6) is 0. The first-order valence-electron chi connectivity index (χ1n) is 18.9. The van der Waals surface area contributed by atoms with E-state index in [-0.39, 0.29) is 0 Å². The lowest BCUT2D eigenvalue weighted by Gasteiger charge is -2.17. The predicted molar refractivity (Wildman–Crippen MR) is 228 cm³/mol. The summed E-state index contributed by atoms with van der Waals surface area (Å²) in [6.07, 6.45) is 0. The highest BCUT2D eigenvalue weighted by Crippen LogP contribution is 2.53. The molecule has 0 unspecified atom stereocenters. The fourth-order valence-corrected chi connectivity index (χ4v) is 10.3. The smallest absolute Gasteiger partial charge is 0.101 e. The van der Waals surface area contributed by atoms with Gasteiger partial charge in [0.15, 0.2) is 0 Å². The van der Waals surface area contributed by atoms with Crippen LogP contribution in [0.3, 0.4) is 0 Å². The van der Waals surface area contributed by atoms with Gasteiger partial charge >= 0.3 is 0 Å². The highest BCUT2D eigenvalue weighted by Gasteiger charge is 2.29. The largest absolute Gasteiger partial charge is 0.307 e. The fourth-order valence-electron chi connectivity index (χ4n) is 10.3. The third-order valence-corrected chi connectivity index (χ3v) is 12.4. The Morgan fingerprint density at radius 3 is 1.11 bits per heavy atom. The lowest BCUT2D eigenvalue weighted by Crippen LogP contribution is -2.04. The normalized spacial score (nSPS) is 12.2. The summed E-state index contributed by atoms with van der Waals surface area (Å²) in [7, 11) is 0. The molecule has 2 aliphatic rings. The lowest BCUT2D eigenvalue weighted by atomic mass is 9.99. The van der Waals surface area contributed by atoms with Crippen LogP contribution in [-0.4, -0.2) is 9.13 Å². The Kier molecular flexibility index (Phi) is 5.48. The summed E-state index contributed by atoms with van der Waals surface area (Å²) >= 11 is 0. The van der Waals surface area contributed by atoms with Crippen LogP contribution in [0.2, 0.25) is 0 Å². The van der Waals surface area contributed by atoms with Crippen molar-refractivity contribution in [1.82, 2.24) is 9.13 Å². The number of nitrogens with zero attached hydrogens (tertiary/aromatic N) is 4. The van der Waals surface area contributed by atoms with E-state index in [0.717, 1.165) is 54.4 Å². The van der Waals surface area contributed by atoms with Crippen molar-refractivity contribution < 1.29 is 0 Å². The van der Waals surface area contributed by atoms with E-state index in [1.807, 2.05) is 12.1 Å². The van der Waals surface area contributed by atoms with Gasteiger partial charge in [-0.3, -0.25) is 0 Å². The summed E-state index contributed by atoms with van der Waals surface area (Å²) < 4.78 is 4.44. The van der Waals surface area contributed by atoms with E-state index >= 15 is 0 Å². The number of benzene rings is 9. The van der Waals surface area contributed by atoms with Crippen LogP contribution in [0.1, 0.15) is 11.1 Å². The van der Waals surface area contributed by atoms with Gasteiger partial charge < -0.3 is 9.13 Å². The van der Waals surface area contributed by atoms with E-state index in [1.165, 1.54) is 55.3 Å². The lowest BCUT2D eigenvalue weighted by molar-refractivity contribution is 1.13. The van der Waals surface area contributed by atoms with Gasteiger partial charge in [0.05, 0.1) is 44.6 Å². The van der Waals surface area contributed by atoms with E-state index in [4.69, 9.17) is 0 Å². The number of nitriles is 2. The monoisotopic (exact) mass is 706 g/mol. The third-order valence-electron chi connectivity index (χ3n) is 12.4. The molecule has 0 bridgehead atoms. The average molecular weight is 707 g/mol. The molecule has 4 nitrogen and oxygen atoms in total. The van der Waals surface area contributed by atoms with E-state index in [1.54, 1.807) is 0 Å². The molecule has 2 heterocycles. The predicted octanol–water partition coefficient (Wildman–Crippen LogP) is 13.2. The summed E-state index contributed by atoms with van der Waals surface area (Å²) in [5.41, 5.74) is 16.3. The summed E-state index contributed by atoms with van der Waals surface area (Å²) in [6, 6.07) is 60.9. The molecule has 0 saturated carbocycles. The Labute approximate surface area is 320 Å². The number of hydrogen-bond donors (Lipinski definition) is 0. The summed E-state index contributed by atoms with van der Waals surface area (Å²) in [4.78, 5) is 0. The Balaban J connectivity index is 1.14. The second-order valence-electron chi connectivity index (χ2n) is 15.0. The van der Waals surface area contributed by atoms with Gasteiger partial charge in [0.2, 0.25) is 0 Å². The molecule has 56 heavy (non-hydrogen) atoms. The summed E-state index contributed by atoms with van der Waals surface area (Å²) in [5, 5.41) is 31.3. The van der Waals surface area contributed by atoms with Crippen LogP contribution in [-0.2, 0) is 0 Å². The van der Waals surface area contributed by atoms with Gasteiger partial charge in [-0.1, -0.05) is 121 Å². The quantitative estimate of drug-likeness (QED) is 0.180. The van der Waals surface area contributed by atoms with Crippen molar-refractivity contribution in [3.05, 3.63) is 169 Å². The van der Waals surface area contributed by atoms with Crippen molar-refractivity contribution in [2.24, 2.45) is 0 Å². The standard InChI is InChI=1S/C52H26N4/c53-27-29-24-48(56-46-22-8-6-16-36(46)44-26-42-34-14-4-2-12-32(34)38-18-10-20-40(50(38)42)52(44)56)30(28-54)23-47(29)55-45-21-7-5-15-35(45)43-25-41-33-13-3-1-11-31(33)37-17-9-19-39(49(37)41)51(43)55/h1-26H. The van der Waals surface area contributed by atoms with Gasteiger partial charge in [0.1, 0.15) is 12.1 Å². The molecule has 0 spiro atoms. The van der Waals surface area contributed by atoms with Crippen LogP contribution < -0.4 is 0 Å². The van der Waals surface area contributed by atoms with Gasteiger partial charge in [-0.2, -0.15) is 10.5 Å².